The summed E-state index contributed by atoms with van der Waals surface area (Å²) in [5, 5.41) is 2.94. The van der Waals surface area contributed by atoms with Crippen LogP contribution in [-0.4, -0.2) is 41.1 Å². The molecule has 9 nitrogen and oxygen atoms in total. The molecule has 10 heteroatoms. The van der Waals surface area contributed by atoms with Crippen molar-refractivity contribution in [2.75, 3.05) is 12.0 Å². The van der Waals surface area contributed by atoms with E-state index in [0.29, 0.717) is 17.7 Å². The van der Waals surface area contributed by atoms with Crippen LogP contribution in [0.5, 0.6) is 0 Å². The van der Waals surface area contributed by atoms with Crippen molar-refractivity contribution in [1.29, 1.82) is 0 Å². The van der Waals surface area contributed by atoms with Crippen LogP contribution in [0.3, 0.4) is 0 Å². The molecule has 1 saturated carbocycles. The number of nitrogens with two attached hydrogens (primary N) is 1. The van der Waals surface area contributed by atoms with Gasteiger partial charge in [0.25, 0.3) is 0 Å². The molecule has 2 aromatic heterocycles. The van der Waals surface area contributed by atoms with Crippen LogP contribution in [-0.2, 0) is 11.1 Å². The van der Waals surface area contributed by atoms with Gasteiger partial charge in [-0.25, -0.2) is 9.97 Å². The lowest BCUT2D eigenvalue weighted by Gasteiger charge is -2.18. The number of aromatic nitrogens is 4. The van der Waals surface area contributed by atoms with Gasteiger partial charge in [0.15, 0.2) is 5.65 Å². The van der Waals surface area contributed by atoms with Crippen LogP contribution in [0, 0.1) is 0 Å². The maximum atomic E-state index is 10.9. The Hall–Kier alpha value is -1.54. The van der Waals surface area contributed by atoms with Gasteiger partial charge in [0.2, 0.25) is 5.95 Å². The number of nitrogens with one attached hydrogen (secondary N) is 1. The van der Waals surface area contributed by atoms with Gasteiger partial charge in [0.05, 0.1) is 18.8 Å². The standard InChI is InChI=1S/C10H15N6O3P/c11-9-12-3-7-8(15-9)16(5-13-7)4-10(1-2-10)14-6-20(17,18)19/h3,5,14H,1-2,4,6H2,(H2,11,12,15)(H2,17,18,19). The molecule has 0 aliphatic heterocycles. The minimum Gasteiger partial charge on any atom is -0.368 e. The number of hydrogen-bond donors (Lipinski definition) is 4. The highest BCUT2D eigenvalue weighted by Crippen LogP contribution is 2.41. The third-order valence-electron chi connectivity index (χ3n) is 3.36. The molecule has 0 atom stereocenters. The van der Waals surface area contributed by atoms with Gasteiger partial charge in [0, 0.05) is 12.1 Å². The van der Waals surface area contributed by atoms with E-state index in [2.05, 4.69) is 20.3 Å². The van der Waals surface area contributed by atoms with Gasteiger partial charge in [-0.1, -0.05) is 0 Å². The average Bonchev–Trinajstić information content (AvgIpc) is 3.03. The zero-order chi connectivity index (χ0) is 14.4. The van der Waals surface area contributed by atoms with Crippen molar-refractivity contribution in [2.45, 2.75) is 24.9 Å². The van der Waals surface area contributed by atoms with Crippen LogP contribution in [0.15, 0.2) is 12.5 Å². The molecule has 1 aliphatic carbocycles. The molecule has 0 unspecified atom stereocenters. The predicted octanol–water partition coefficient (Wildman–Crippen LogP) is -0.334. The summed E-state index contributed by atoms with van der Waals surface area (Å²) < 4.78 is 12.8. The molecule has 1 fully saturated rings. The molecule has 2 aromatic rings. The molecular formula is C10H15N6O3P. The molecule has 2 heterocycles. The molecule has 1 aliphatic rings. The van der Waals surface area contributed by atoms with Crippen molar-refractivity contribution in [1.82, 2.24) is 24.8 Å². The third-order valence-corrected chi connectivity index (χ3v) is 3.93. The van der Waals surface area contributed by atoms with Crippen LogP contribution in [0.2, 0.25) is 0 Å². The summed E-state index contributed by atoms with van der Waals surface area (Å²) in [7, 11) is -4.05. The summed E-state index contributed by atoms with van der Waals surface area (Å²) in [6.07, 6.45) is 4.58. The Labute approximate surface area is 114 Å². The molecule has 0 saturated heterocycles. The van der Waals surface area contributed by atoms with Crippen LogP contribution in [0.4, 0.5) is 5.95 Å². The molecule has 20 heavy (non-hydrogen) atoms. The van der Waals surface area contributed by atoms with Crippen molar-refractivity contribution in [2.24, 2.45) is 0 Å². The quantitative estimate of drug-likeness (QED) is 0.550. The summed E-state index contributed by atoms with van der Waals surface area (Å²) in [5.74, 6) is 0.173. The molecule has 0 amide bonds. The first-order chi connectivity index (χ1) is 9.37. The number of rotatable bonds is 5. The Morgan fingerprint density at radius 1 is 1.45 bits per heavy atom. The maximum absolute atomic E-state index is 10.9. The van der Waals surface area contributed by atoms with E-state index in [1.54, 1.807) is 12.5 Å². The van der Waals surface area contributed by atoms with E-state index in [1.807, 2.05) is 4.57 Å². The van der Waals surface area contributed by atoms with E-state index in [-0.39, 0.29) is 17.8 Å². The van der Waals surface area contributed by atoms with Gasteiger partial charge < -0.3 is 20.1 Å². The number of nitrogen functional groups attached to an aromatic ring is 1. The fraction of sp³-hybridized carbons (Fsp3) is 0.500. The van der Waals surface area contributed by atoms with Crippen molar-refractivity contribution in [3.05, 3.63) is 12.5 Å². The van der Waals surface area contributed by atoms with Gasteiger partial charge >= 0.3 is 7.60 Å². The second-order valence-corrected chi connectivity index (χ2v) is 6.74. The highest BCUT2D eigenvalue weighted by molar-refractivity contribution is 7.51. The first-order valence-electron chi connectivity index (χ1n) is 6.10. The Morgan fingerprint density at radius 2 is 2.20 bits per heavy atom. The monoisotopic (exact) mass is 298 g/mol. The van der Waals surface area contributed by atoms with Gasteiger partial charge in [-0.3, -0.25) is 9.88 Å². The van der Waals surface area contributed by atoms with Gasteiger partial charge in [-0.2, -0.15) is 4.98 Å². The summed E-state index contributed by atoms with van der Waals surface area (Å²) >= 11 is 0. The lowest BCUT2D eigenvalue weighted by Crippen LogP contribution is -2.36. The minimum atomic E-state index is -4.05. The molecule has 108 valence electrons. The smallest absolute Gasteiger partial charge is 0.339 e. The van der Waals surface area contributed by atoms with Gasteiger partial charge in [-0.05, 0) is 12.8 Å². The Morgan fingerprint density at radius 3 is 2.85 bits per heavy atom. The van der Waals surface area contributed by atoms with E-state index >= 15 is 0 Å². The molecule has 0 spiro atoms. The van der Waals surface area contributed by atoms with E-state index in [9.17, 15) is 4.57 Å². The second kappa shape index (κ2) is 4.49. The molecule has 0 radical (unpaired) electrons. The fourth-order valence-corrected chi connectivity index (χ4v) is 2.66. The van der Waals surface area contributed by atoms with Crippen molar-refractivity contribution in [3.63, 3.8) is 0 Å². The zero-order valence-corrected chi connectivity index (χ0v) is 11.5. The lowest BCUT2D eigenvalue weighted by atomic mass is 10.3. The fourth-order valence-electron chi connectivity index (χ4n) is 2.12. The number of anilines is 1. The number of imidazole rings is 1. The first-order valence-corrected chi connectivity index (χ1v) is 7.90. The highest BCUT2D eigenvalue weighted by Gasteiger charge is 2.44. The van der Waals surface area contributed by atoms with E-state index < -0.39 is 7.60 Å². The zero-order valence-electron chi connectivity index (χ0n) is 10.6. The molecule has 5 N–H and O–H groups in total. The van der Waals surface area contributed by atoms with Crippen molar-refractivity contribution < 1.29 is 14.4 Å². The van der Waals surface area contributed by atoms with Crippen LogP contribution in [0.1, 0.15) is 12.8 Å². The van der Waals surface area contributed by atoms with Gasteiger partial charge in [0.1, 0.15) is 5.52 Å². The molecule has 3 rings (SSSR count). The predicted molar refractivity (Wildman–Crippen MR) is 71.7 cm³/mol. The van der Waals surface area contributed by atoms with Crippen LogP contribution >= 0.6 is 7.60 Å². The van der Waals surface area contributed by atoms with Crippen molar-refractivity contribution in [3.8, 4) is 0 Å². The second-order valence-electron chi connectivity index (χ2n) is 5.09. The van der Waals surface area contributed by atoms with E-state index in [0.717, 1.165) is 12.8 Å². The number of hydrogen-bond acceptors (Lipinski definition) is 6. The van der Waals surface area contributed by atoms with Gasteiger partial charge in [-0.15, -0.1) is 0 Å². The Kier molecular flexibility index (Phi) is 3.02. The first kappa shape index (κ1) is 13.4. The van der Waals surface area contributed by atoms with E-state index in [1.165, 1.54) is 0 Å². The molecule has 0 aromatic carbocycles. The molecule has 0 bridgehead atoms. The Bertz CT molecular complexity index is 691. The average molecular weight is 298 g/mol. The summed E-state index contributed by atoms with van der Waals surface area (Å²) in [6.45, 7) is 0.542. The van der Waals surface area contributed by atoms with Crippen molar-refractivity contribution >= 4 is 24.7 Å². The molecular weight excluding hydrogens is 283 g/mol. The lowest BCUT2D eigenvalue weighted by molar-refractivity contribution is 0.355. The van der Waals surface area contributed by atoms with Crippen LogP contribution in [0.25, 0.3) is 11.2 Å². The normalized spacial score (nSPS) is 17.5. The Balaban J connectivity index is 1.79. The van der Waals surface area contributed by atoms with E-state index in [4.69, 9.17) is 15.5 Å². The topological polar surface area (TPSA) is 139 Å². The highest BCUT2D eigenvalue weighted by atomic mass is 31.2. The maximum Gasteiger partial charge on any atom is 0.339 e. The summed E-state index contributed by atoms with van der Waals surface area (Å²) in [5.41, 5.74) is 6.54. The largest absolute Gasteiger partial charge is 0.368 e. The number of fused-ring (bicyclic) bond motifs is 1. The summed E-state index contributed by atoms with van der Waals surface area (Å²) in [4.78, 5) is 30.1. The summed E-state index contributed by atoms with van der Waals surface area (Å²) in [6, 6.07) is 0. The van der Waals surface area contributed by atoms with Crippen LogP contribution < -0.4 is 11.1 Å². The third kappa shape index (κ3) is 2.80. The number of nitrogens with zero attached hydrogens (tertiary/aromatic N) is 4. The minimum absolute atomic E-state index is 0.173. The SMILES string of the molecule is Nc1ncc2ncn(CC3(NCP(=O)(O)O)CC3)c2n1.